The van der Waals surface area contributed by atoms with Crippen LogP contribution in [0.4, 0.5) is 5.82 Å². The predicted octanol–water partition coefficient (Wildman–Crippen LogP) is 3.48. The number of anilines is 1. The minimum Gasteiger partial charge on any atom is -0.382 e. The van der Waals surface area contributed by atoms with Crippen LogP contribution in [0.2, 0.25) is 0 Å². The van der Waals surface area contributed by atoms with Gasteiger partial charge in [-0.1, -0.05) is 36.8 Å². The number of nitrogens with zero attached hydrogens (tertiary/aromatic N) is 1. The molecular weight excluding hydrogens is 222 g/mol. The van der Waals surface area contributed by atoms with Gasteiger partial charge in [-0.3, -0.25) is 5.10 Å². The minimum absolute atomic E-state index is 0.520. The highest BCUT2D eigenvalue weighted by Gasteiger charge is 2.32. The van der Waals surface area contributed by atoms with Crippen molar-refractivity contribution in [3.05, 3.63) is 35.5 Å². The predicted molar refractivity (Wildman–Crippen MR) is 74.3 cm³/mol. The van der Waals surface area contributed by atoms with Crippen LogP contribution in [0.1, 0.15) is 36.9 Å². The Morgan fingerprint density at radius 2 is 1.94 bits per heavy atom. The van der Waals surface area contributed by atoms with Crippen molar-refractivity contribution < 1.29 is 0 Å². The molecular formula is C15H19N3. The summed E-state index contributed by atoms with van der Waals surface area (Å²) in [5, 5.41) is 7.33. The molecule has 0 spiro atoms. The van der Waals surface area contributed by atoms with Gasteiger partial charge < -0.3 is 5.73 Å². The molecule has 1 atom stereocenters. The number of aromatic nitrogens is 2. The van der Waals surface area contributed by atoms with Gasteiger partial charge in [0.05, 0.1) is 0 Å². The molecule has 3 heteroatoms. The fourth-order valence-corrected chi connectivity index (χ4v) is 2.56. The Hall–Kier alpha value is -1.77. The average Bonchev–Trinajstić information content (AvgIpc) is 3.14. The van der Waals surface area contributed by atoms with Crippen molar-refractivity contribution in [1.29, 1.82) is 0 Å². The van der Waals surface area contributed by atoms with Crippen LogP contribution in [0.3, 0.4) is 0 Å². The maximum atomic E-state index is 6.03. The summed E-state index contributed by atoms with van der Waals surface area (Å²) < 4.78 is 0. The van der Waals surface area contributed by atoms with Crippen LogP contribution >= 0.6 is 0 Å². The molecule has 94 valence electrons. The monoisotopic (exact) mass is 241 g/mol. The number of hydrogen-bond acceptors (Lipinski definition) is 2. The third kappa shape index (κ3) is 1.90. The summed E-state index contributed by atoms with van der Waals surface area (Å²) in [6, 6.07) is 8.49. The normalized spacial score (nSPS) is 16.8. The van der Waals surface area contributed by atoms with Crippen LogP contribution in [0.25, 0.3) is 11.1 Å². The van der Waals surface area contributed by atoms with Gasteiger partial charge in [-0.2, -0.15) is 5.10 Å². The SMILES string of the molecule is Cc1ccc(-c2c(N)n[nH]c2C(C)C2CC2)cc1. The van der Waals surface area contributed by atoms with Crippen molar-refractivity contribution >= 4 is 5.82 Å². The fourth-order valence-electron chi connectivity index (χ4n) is 2.56. The number of nitrogen functional groups attached to an aromatic ring is 1. The summed E-state index contributed by atoms with van der Waals surface area (Å²) in [5.41, 5.74) is 10.7. The molecule has 2 aromatic rings. The summed E-state index contributed by atoms with van der Waals surface area (Å²) in [6.45, 7) is 4.36. The van der Waals surface area contributed by atoms with Gasteiger partial charge in [0.1, 0.15) is 0 Å². The van der Waals surface area contributed by atoms with Crippen LogP contribution < -0.4 is 5.73 Å². The molecule has 1 heterocycles. The number of aromatic amines is 1. The van der Waals surface area contributed by atoms with E-state index >= 15 is 0 Å². The highest BCUT2D eigenvalue weighted by Crippen LogP contribution is 2.45. The quantitative estimate of drug-likeness (QED) is 0.864. The first-order chi connectivity index (χ1) is 8.66. The second-order valence-electron chi connectivity index (χ2n) is 5.39. The zero-order valence-corrected chi connectivity index (χ0v) is 10.9. The molecule has 1 aromatic carbocycles. The molecule has 0 aliphatic heterocycles. The van der Waals surface area contributed by atoms with E-state index < -0.39 is 0 Å². The van der Waals surface area contributed by atoms with Gasteiger partial charge in [-0.15, -0.1) is 0 Å². The molecule has 18 heavy (non-hydrogen) atoms. The molecule has 0 amide bonds. The molecule has 1 aliphatic rings. The standard InChI is InChI=1S/C15H19N3/c1-9-3-5-12(6-4-9)13-14(17-18-15(13)16)10(2)11-7-8-11/h3-6,10-11H,7-8H2,1-2H3,(H3,16,17,18). The summed E-state index contributed by atoms with van der Waals surface area (Å²) in [7, 11) is 0. The maximum Gasteiger partial charge on any atom is 0.153 e. The van der Waals surface area contributed by atoms with Gasteiger partial charge in [-0.05, 0) is 31.2 Å². The number of aryl methyl sites for hydroxylation is 1. The lowest BCUT2D eigenvalue weighted by atomic mass is 9.94. The Morgan fingerprint density at radius 1 is 1.28 bits per heavy atom. The van der Waals surface area contributed by atoms with Crippen molar-refractivity contribution in [2.24, 2.45) is 5.92 Å². The van der Waals surface area contributed by atoms with Crippen LogP contribution in [0.5, 0.6) is 0 Å². The smallest absolute Gasteiger partial charge is 0.153 e. The average molecular weight is 241 g/mol. The summed E-state index contributed by atoms with van der Waals surface area (Å²) in [4.78, 5) is 0. The van der Waals surface area contributed by atoms with E-state index in [4.69, 9.17) is 5.73 Å². The Labute approximate surface area is 107 Å². The van der Waals surface area contributed by atoms with Gasteiger partial charge in [0.25, 0.3) is 0 Å². The van der Waals surface area contributed by atoms with Crippen LogP contribution in [-0.4, -0.2) is 10.2 Å². The molecule has 0 radical (unpaired) electrons. The van der Waals surface area contributed by atoms with Crippen LogP contribution in [-0.2, 0) is 0 Å². The molecule has 1 unspecified atom stereocenters. The van der Waals surface area contributed by atoms with Crippen LogP contribution in [0.15, 0.2) is 24.3 Å². The van der Waals surface area contributed by atoms with E-state index in [1.807, 2.05) is 0 Å². The Balaban J connectivity index is 2.04. The molecule has 0 saturated heterocycles. The van der Waals surface area contributed by atoms with Gasteiger partial charge in [0.15, 0.2) is 5.82 Å². The fraction of sp³-hybridized carbons (Fsp3) is 0.400. The summed E-state index contributed by atoms with van der Waals surface area (Å²) in [6.07, 6.45) is 2.65. The number of hydrogen-bond donors (Lipinski definition) is 2. The van der Waals surface area contributed by atoms with Crippen molar-refractivity contribution in [3.63, 3.8) is 0 Å². The Bertz CT molecular complexity index is 550. The van der Waals surface area contributed by atoms with E-state index in [0.717, 1.165) is 17.0 Å². The lowest BCUT2D eigenvalue weighted by Gasteiger charge is -2.11. The zero-order chi connectivity index (χ0) is 12.7. The number of benzene rings is 1. The minimum atomic E-state index is 0.520. The zero-order valence-electron chi connectivity index (χ0n) is 10.9. The lowest BCUT2D eigenvalue weighted by molar-refractivity contribution is 0.642. The largest absolute Gasteiger partial charge is 0.382 e. The molecule has 3 rings (SSSR count). The number of nitrogens with one attached hydrogen (secondary N) is 1. The second-order valence-corrected chi connectivity index (χ2v) is 5.39. The first kappa shape index (κ1) is 11.3. The van der Waals surface area contributed by atoms with E-state index in [1.165, 1.54) is 24.1 Å². The summed E-state index contributed by atoms with van der Waals surface area (Å²) >= 11 is 0. The van der Waals surface area contributed by atoms with Gasteiger partial charge in [0.2, 0.25) is 0 Å². The Morgan fingerprint density at radius 3 is 2.56 bits per heavy atom. The van der Waals surface area contributed by atoms with Gasteiger partial charge in [-0.25, -0.2) is 0 Å². The van der Waals surface area contributed by atoms with Crippen molar-refractivity contribution in [3.8, 4) is 11.1 Å². The highest BCUT2D eigenvalue weighted by molar-refractivity contribution is 5.76. The molecule has 1 fully saturated rings. The van der Waals surface area contributed by atoms with E-state index in [9.17, 15) is 0 Å². The van der Waals surface area contributed by atoms with Crippen molar-refractivity contribution in [2.75, 3.05) is 5.73 Å². The molecule has 1 aliphatic carbocycles. The molecule has 3 N–H and O–H groups in total. The molecule has 3 nitrogen and oxygen atoms in total. The van der Waals surface area contributed by atoms with E-state index in [-0.39, 0.29) is 0 Å². The Kier molecular flexibility index (Phi) is 2.62. The van der Waals surface area contributed by atoms with Gasteiger partial charge >= 0.3 is 0 Å². The van der Waals surface area contributed by atoms with Gasteiger partial charge in [0, 0.05) is 17.2 Å². The molecule has 0 bridgehead atoms. The first-order valence-corrected chi connectivity index (χ1v) is 6.57. The summed E-state index contributed by atoms with van der Waals surface area (Å²) in [5.74, 6) is 1.93. The first-order valence-electron chi connectivity index (χ1n) is 6.57. The number of rotatable bonds is 3. The number of nitrogens with two attached hydrogens (primary N) is 1. The van der Waals surface area contributed by atoms with Crippen molar-refractivity contribution in [1.82, 2.24) is 10.2 Å². The maximum absolute atomic E-state index is 6.03. The van der Waals surface area contributed by atoms with E-state index in [1.54, 1.807) is 0 Å². The van der Waals surface area contributed by atoms with Crippen LogP contribution in [0, 0.1) is 12.8 Å². The molecule has 1 aromatic heterocycles. The molecule has 1 saturated carbocycles. The number of H-pyrrole nitrogens is 1. The third-order valence-corrected chi connectivity index (χ3v) is 3.95. The van der Waals surface area contributed by atoms with E-state index in [0.29, 0.717) is 11.7 Å². The third-order valence-electron chi connectivity index (χ3n) is 3.95. The van der Waals surface area contributed by atoms with E-state index in [2.05, 4.69) is 48.3 Å². The second kappa shape index (κ2) is 4.16. The van der Waals surface area contributed by atoms with Crippen molar-refractivity contribution in [2.45, 2.75) is 32.6 Å². The lowest BCUT2D eigenvalue weighted by Crippen LogP contribution is -1.99. The highest BCUT2D eigenvalue weighted by atomic mass is 15.2. The topological polar surface area (TPSA) is 54.7 Å².